The normalized spacial score (nSPS) is 11.8. The largest absolute Gasteiger partial charge is 0.605 e. The third-order valence-corrected chi connectivity index (χ3v) is 7.56. The van der Waals surface area contributed by atoms with E-state index in [0.29, 0.717) is 0 Å². The molecule has 0 spiro atoms. The van der Waals surface area contributed by atoms with E-state index in [0.717, 1.165) is 19.6 Å². The average molecular weight is 321 g/mol. The molecule has 0 atom stereocenters. The van der Waals surface area contributed by atoms with Crippen LogP contribution in [0.4, 0.5) is 0 Å². The van der Waals surface area contributed by atoms with Gasteiger partial charge >= 0.3 is 0 Å². The molecule has 0 saturated carbocycles. The van der Waals surface area contributed by atoms with Gasteiger partial charge in [-0.05, 0) is 38.5 Å². The van der Waals surface area contributed by atoms with Crippen molar-refractivity contribution in [2.45, 2.75) is 65.2 Å². The number of hydrogen-bond acceptors (Lipinski definition) is 3. The minimum Gasteiger partial charge on any atom is -0.605 e. The predicted molar refractivity (Wildman–Crippen MR) is 94.6 cm³/mol. The number of hydrogen-bond donors (Lipinski definition) is 0. The zero-order valence-corrected chi connectivity index (χ0v) is 16.8. The third kappa shape index (κ3) is 20.3. The summed E-state index contributed by atoms with van der Waals surface area (Å²) in [5, 5.41) is 0. The standard InChI is InChI=1S/C10H24O2Si2.C5H12O/c1-6-9-13(10-7-8-11-2)12-14(3,4)5;1-3-4-5-6-2/h10H,6-9H2,1-5H3;3-5H2,1-2H3/b13-10+;. The molecular weight excluding hydrogens is 284 g/mol. The monoisotopic (exact) mass is 320 g/mol. The van der Waals surface area contributed by atoms with Crippen molar-refractivity contribution in [1.29, 1.82) is 0 Å². The Labute approximate surface area is 129 Å². The van der Waals surface area contributed by atoms with Gasteiger partial charge in [0.2, 0.25) is 17.0 Å². The van der Waals surface area contributed by atoms with Crippen LogP contribution in [0, 0.1) is 0 Å². The van der Waals surface area contributed by atoms with Crippen molar-refractivity contribution >= 4 is 22.6 Å². The highest BCUT2D eigenvalue weighted by molar-refractivity contribution is 6.78. The maximum Gasteiger partial charge on any atom is 0.223 e. The number of methoxy groups -OCH3 is 2. The van der Waals surface area contributed by atoms with Gasteiger partial charge in [-0.1, -0.05) is 32.4 Å². The molecule has 122 valence electrons. The molecule has 0 bridgehead atoms. The van der Waals surface area contributed by atoms with Crippen molar-refractivity contribution in [3.8, 4) is 0 Å². The van der Waals surface area contributed by atoms with E-state index < -0.39 is 17.0 Å². The minimum absolute atomic E-state index is 0.669. The Kier molecular flexibility index (Phi) is 17.2. The van der Waals surface area contributed by atoms with Gasteiger partial charge in [0.15, 0.2) is 0 Å². The molecule has 0 aromatic rings. The lowest BCUT2D eigenvalue weighted by molar-refractivity contribution is 0.194. The molecule has 0 heterocycles. The van der Waals surface area contributed by atoms with E-state index in [4.69, 9.17) is 13.6 Å². The molecule has 0 rings (SSSR count). The topological polar surface area (TPSA) is 27.7 Å². The third-order valence-electron chi connectivity index (χ3n) is 2.33. The van der Waals surface area contributed by atoms with Crippen LogP contribution >= 0.6 is 0 Å². The lowest BCUT2D eigenvalue weighted by Crippen LogP contribution is -2.31. The second-order valence-corrected chi connectivity index (χ2v) is 12.6. The number of rotatable bonds is 10. The summed E-state index contributed by atoms with van der Waals surface area (Å²) in [6, 6.07) is 1.23. The van der Waals surface area contributed by atoms with E-state index >= 15 is 0 Å². The maximum absolute atomic E-state index is 6.15. The van der Waals surface area contributed by atoms with Crippen LogP contribution < -0.4 is 0 Å². The molecule has 0 unspecified atom stereocenters. The first-order chi connectivity index (χ1) is 9.41. The van der Waals surface area contributed by atoms with Gasteiger partial charge in [-0.3, -0.25) is 0 Å². The zero-order chi connectivity index (χ0) is 15.9. The Morgan fingerprint density at radius 2 is 1.55 bits per heavy atom. The lowest BCUT2D eigenvalue weighted by atomic mass is 10.4. The Morgan fingerprint density at radius 1 is 0.950 bits per heavy atom. The smallest absolute Gasteiger partial charge is 0.223 e. The summed E-state index contributed by atoms with van der Waals surface area (Å²) in [4.78, 5) is 0. The quantitative estimate of drug-likeness (QED) is 0.448. The van der Waals surface area contributed by atoms with Crippen LogP contribution in [0.25, 0.3) is 0 Å². The fourth-order valence-electron chi connectivity index (χ4n) is 1.46. The Hall–Kier alpha value is 0.0238. The van der Waals surface area contributed by atoms with E-state index in [1.807, 2.05) is 0 Å². The van der Waals surface area contributed by atoms with Gasteiger partial charge in [0.05, 0.1) is 0 Å². The van der Waals surface area contributed by atoms with Crippen molar-refractivity contribution in [2.75, 3.05) is 27.4 Å². The molecule has 0 aliphatic carbocycles. The first-order valence-corrected chi connectivity index (χ1v) is 12.9. The minimum atomic E-state index is -1.34. The van der Waals surface area contributed by atoms with Gasteiger partial charge in [0.25, 0.3) is 0 Å². The highest BCUT2D eigenvalue weighted by Crippen LogP contribution is 2.05. The van der Waals surface area contributed by atoms with E-state index in [1.54, 1.807) is 14.2 Å². The van der Waals surface area contributed by atoms with Crippen molar-refractivity contribution in [3.63, 3.8) is 0 Å². The van der Waals surface area contributed by atoms with Gasteiger partial charge in [-0.15, -0.1) is 0 Å². The summed E-state index contributed by atoms with van der Waals surface area (Å²) in [7, 11) is 1.47. The molecule has 0 amide bonds. The van der Waals surface area contributed by atoms with Gasteiger partial charge in [-0.2, -0.15) is 0 Å². The lowest BCUT2D eigenvalue weighted by Gasteiger charge is -2.22. The summed E-state index contributed by atoms with van der Waals surface area (Å²) in [6.45, 7) is 12.9. The average Bonchev–Trinajstić information content (AvgIpc) is 2.36. The molecule has 3 nitrogen and oxygen atoms in total. The SMILES string of the molecule is CCC/[Si](=C\CCOC)O[Si](C)(C)C.CCCCOC. The van der Waals surface area contributed by atoms with E-state index in [9.17, 15) is 0 Å². The molecule has 20 heavy (non-hydrogen) atoms. The van der Waals surface area contributed by atoms with Crippen molar-refractivity contribution in [3.05, 3.63) is 0 Å². The molecule has 0 aliphatic rings. The highest BCUT2D eigenvalue weighted by Gasteiger charge is 2.16. The molecular formula is C15H36O3Si2. The first-order valence-electron chi connectivity index (χ1n) is 7.77. The van der Waals surface area contributed by atoms with Crippen molar-refractivity contribution < 1.29 is 13.6 Å². The summed E-state index contributed by atoms with van der Waals surface area (Å²) < 4.78 is 16.0. The number of unbranched alkanes of at least 4 members (excludes halogenated alkanes) is 1. The Bertz CT molecular complexity index is 222. The fourth-order valence-corrected chi connectivity index (χ4v) is 6.49. The predicted octanol–water partition coefficient (Wildman–Crippen LogP) is 4.09. The van der Waals surface area contributed by atoms with Crippen LogP contribution in [-0.2, 0) is 13.6 Å². The summed E-state index contributed by atoms with van der Waals surface area (Å²) in [5.74, 6) is 0. The van der Waals surface area contributed by atoms with Gasteiger partial charge in [-0.25, -0.2) is 0 Å². The first kappa shape index (κ1) is 22.3. The van der Waals surface area contributed by atoms with Crippen LogP contribution in [0.2, 0.25) is 25.7 Å². The molecule has 0 radical (unpaired) electrons. The Balaban J connectivity index is 0. The van der Waals surface area contributed by atoms with Crippen molar-refractivity contribution in [1.82, 2.24) is 0 Å². The molecule has 0 aliphatic heterocycles. The molecule has 0 saturated heterocycles. The van der Waals surface area contributed by atoms with Gasteiger partial charge in [0.1, 0.15) is 0 Å². The fraction of sp³-hybridized carbons (Fsp3) is 0.933. The van der Waals surface area contributed by atoms with Crippen LogP contribution in [0.1, 0.15) is 39.5 Å². The van der Waals surface area contributed by atoms with Crippen LogP contribution in [-0.4, -0.2) is 50.1 Å². The van der Waals surface area contributed by atoms with Crippen LogP contribution in [0.3, 0.4) is 0 Å². The van der Waals surface area contributed by atoms with Crippen molar-refractivity contribution in [2.24, 2.45) is 0 Å². The maximum atomic E-state index is 6.15. The molecule has 0 fully saturated rings. The second kappa shape index (κ2) is 15.4. The summed E-state index contributed by atoms with van der Waals surface area (Å²) >= 11 is 0. The molecule has 0 N–H and O–H groups in total. The summed E-state index contributed by atoms with van der Waals surface area (Å²) in [6.07, 6.45) is 4.68. The van der Waals surface area contributed by atoms with E-state index in [2.05, 4.69) is 39.2 Å². The number of ether oxygens (including phenoxy) is 2. The molecule has 5 heteroatoms. The highest BCUT2D eigenvalue weighted by atomic mass is 28.4. The van der Waals surface area contributed by atoms with Gasteiger partial charge < -0.3 is 13.6 Å². The van der Waals surface area contributed by atoms with Gasteiger partial charge in [0, 0.05) is 27.4 Å². The van der Waals surface area contributed by atoms with Crippen LogP contribution in [0.15, 0.2) is 0 Å². The second-order valence-electron chi connectivity index (χ2n) is 5.76. The van der Waals surface area contributed by atoms with Crippen LogP contribution in [0.5, 0.6) is 0 Å². The Morgan fingerprint density at radius 3 is 1.90 bits per heavy atom. The van der Waals surface area contributed by atoms with E-state index in [1.165, 1.54) is 25.3 Å². The zero-order valence-electron chi connectivity index (χ0n) is 14.8. The summed E-state index contributed by atoms with van der Waals surface area (Å²) in [5.41, 5.74) is 2.36. The van der Waals surface area contributed by atoms with E-state index in [-0.39, 0.29) is 0 Å². The molecule has 0 aromatic heterocycles. The molecule has 0 aromatic carbocycles.